The summed E-state index contributed by atoms with van der Waals surface area (Å²) in [4.78, 5) is 18.0. The predicted molar refractivity (Wildman–Crippen MR) is 79.2 cm³/mol. The van der Waals surface area contributed by atoms with Gasteiger partial charge in [-0.05, 0) is 30.8 Å². The zero-order valence-electron chi connectivity index (χ0n) is 10.3. The van der Waals surface area contributed by atoms with Crippen LogP contribution in [0, 0.1) is 0 Å². The van der Waals surface area contributed by atoms with Crippen molar-refractivity contribution in [3.63, 3.8) is 0 Å². The molecule has 0 atom stereocenters. The monoisotopic (exact) mass is 314 g/mol. The standard InChI is InChI=1S/C13H12Cl2N2OS/c1-17(7-9-2-4-16-5-3-9)8-11(18)10-6-12(14)19-13(10)15/h2-6H,7-8H2,1H3. The largest absolute Gasteiger partial charge is 0.295 e. The molecule has 0 saturated carbocycles. The first-order valence-corrected chi connectivity index (χ1v) is 7.19. The van der Waals surface area contributed by atoms with E-state index in [2.05, 4.69) is 4.98 Å². The molecular weight excluding hydrogens is 303 g/mol. The summed E-state index contributed by atoms with van der Waals surface area (Å²) in [7, 11) is 1.89. The van der Waals surface area contributed by atoms with E-state index in [0.29, 0.717) is 27.3 Å². The first-order valence-electron chi connectivity index (χ1n) is 5.61. The Morgan fingerprint density at radius 3 is 2.63 bits per heavy atom. The van der Waals surface area contributed by atoms with Crippen molar-refractivity contribution in [2.45, 2.75) is 6.54 Å². The van der Waals surface area contributed by atoms with Crippen LogP contribution >= 0.6 is 34.5 Å². The maximum Gasteiger partial charge on any atom is 0.179 e. The molecule has 0 amide bonds. The number of nitrogens with zero attached hydrogens (tertiary/aromatic N) is 2. The van der Waals surface area contributed by atoms with Crippen LogP contribution in [-0.4, -0.2) is 29.3 Å². The van der Waals surface area contributed by atoms with Gasteiger partial charge in [-0.25, -0.2) is 0 Å². The van der Waals surface area contributed by atoms with Gasteiger partial charge in [-0.15, -0.1) is 11.3 Å². The third kappa shape index (κ3) is 4.01. The predicted octanol–water partition coefficient (Wildman–Crippen LogP) is 3.76. The summed E-state index contributed by atoms with van der Waals surface area (Å²) < 4.78 is 0.984. The highest BCUT2D eigenvalue weighted by Gasteiger charge is 2.16. The fourth-order valence-corrected chi connectivity index (χ4v) is 3.22. The Morgan fingerprint density at radius 2 is 2.05 bits per heavy atom. The first kappa shape index (κ1) is 14.5. The maximum absolute atomic E-state index is 12.1. The maximum atomic E-state index is 12.1. The van der Waals surface area contributed by atoms with Crippen molar-refractivity contribution in [3.8, 4) is 0 Å². The second-order valence-corrected chi connectivity index (χ2v) is 6.47. The van der Waals surface area contributed by atoms with Gasteiger partial charge in [-0.2, -0.15) is 0 Å². The molecule has 0 radical (unpaired) electrons. The van der Waals surface area contributed by atoms with Crippen LogP contribution in [0.1, 0.15) is 15.9 Å². The molecule has 6 heteroatoms. The molecule has 0 aliphatic carbocycles. The van der Waals surface area contributed by atoms with Crippen LogP contribution in [0.2, 0.25) is 8.67 Å². The highest BCUT2D eigenvalue weighted by Crippen LogP contribution is 2.31. The summed E-state index contributed by atoms with van der Waals surface area (Å²) in [6.45, 7) is 0.985. The number of ketones is 1. The van der Waals surface area contributed by atoms with Gasteiger partial charge in [0, 0.05) is 18.9 Å². The number of hydrogen-bond donors (Lipinski definition) is 0. The second kappa shape index (κ2) is 6.48. The van der Waals surface area contributed by atoms with Gasteiger partial charge in [0.05, 0.1) is 16.4 Å². The van der Waals surface area contributed by atoms with Gasteiger partial charge >= 0.3 is 0 Å². The third-order valence-electron chi connectivity index (χ3n) is 2.57. The van der Waals surface area contributed by atoms with Crippen molar-refractivity contribution in [1.29, 1.82) is 0 Å². The fourth-order valence-electron chi connectivity index (χ4n) is 1.72. The first-order chi connectivity index (χ1) is 9.06. The van der Waals surface area contributed by atoms with Crippen LogP contribution in [0.3, 0.4) is 0 Å². The van der Waals surface area contributed by atoms with Gasteiger partial charge in [0.15, 0.2) is 5.78 Å². The number of hydrogen-bond acceptors (Lipinski definition) is 4. The molecule has 0 fully saturated rings. The molecule has 0 aromatic carbocycles. The summed E-state index contributed by atoms with van der Waals surface area (Å²) in [6, 6.07) is 5.47. The topological polar surface area (TPSA) is 33.2 Å². The SMILES string of the molecule is CN(CC(=O)c1cc(Cl)sc1Cl)Cc1ccncc1. The van der Waals surface area contributed by atoms with Crippen LogP contribution in [-0.2, 0) is 6.54 Å². The van der Waals surface area contributed by atoms with Crippen molar-refractivity contribution >= 4 is 40.3 Å². The summed E-state index contributed by atoms with van der Waals surface area (Å²) in [6.07, 6.45) is 3.47. The quantitative estimate of drug-likeness (QED) is 0.788. The summed E-state index contributed by atoms with van der Waals surface area (Å²) in [5.74, 6) is -0.0234. The number of rotatable bonds is 5. The van der Waals surface area contributed by atoms with Crippen molar-refractivity contribution in [3.05, 3.63) is 50.4 Å². The molecule has 0 aliphatic rings. The van der Waals surface area contributed by atoms with E-state index in [-0.39, 0.29) is 5.78 Å². The Kier molecular flexibility index (Phi) is 4.93. The highest BCUT2D eigenvalue weighted by molar-refractivity contribution is 7.20. The molecule has 0 saturated heterocycles. The lowest BCUT2D eigenvalue weighted by molar-refractivity contribution is 0.0943. The number of carbonyl (C=O) groups is 1. The molecule has 2 heterocycles. The lowest BCUT2D eigenvalue weighted by Gasteiger charge is -2.15. The summed E-state index contributed by atoms with van der Waals surface area (Å²) >= 11 is 13.0. The average molecular weight is 315 g/mol. The average Bonchev–Trinajstić information content (AvgIpc) is 2.69. The molecule has 2 aromatic heterocycles. The van der Waals surface area contributed by atoms with E-state index in [4.69, 9.17) is 23.2 Å². The number of pyridine rings is 1. The molecule has 0 N–H and O–H groups in total. The number of halogens is 2. The Balaban J connectivity index is 1.97. The van der Waals surface area contributed by atoms with E-state index < -0.39 is 0 Å². The molecule has 19 heavy (non-hydrogen) atoms. The van der Waals surface area contributed by atoms with Gasteiger partial charge in [0.25, 0.3) is 0 Å². The minimum Gasteiger partial charge on any atom is -0.295 e. The van der Waals surface area contributed by atoms with E-state index in [1.54, 1.807) is 18.5 Å². The molecule has 100 valence electrons. The van der Waals surface area contributed by atoms with E-state index in [0.717, 1.165) is 5.56 Å². The van der Waals surface area contributed by atoms with Crippen LogP contribution in [0.25, 0.3) is 0 Å². The van der Waals surface area contributed by atoms with E-state index in [1.165, 1.54) is 11.3 Å². The number of carbonyl (C=O) groups excluding carboxylic acids is 1. The second-order valence-electron chi connectivity index (χ2n) is 4.19. The molecule has 0 bridgehead atoms. The smallest absolute Gasteiger partial charge is 0.179 e. The zero-order valence-corrected chi connectivity index (χ0v) is 12.6. The van der Waals surface area contributed by atoms with E-state index in [1.807, 2.05) is 24.1 Å². The van der Waals surface area contributed by atoms with Gasteiger partial charge in [0.2, 0.25) is 0 Å². The molecule has 2 rings (SSSR count). The summed E-state index contributed by atoms with van der Waals surface area (Å²) in [5, 5.41) is 0. The van der Waals surface area contributed by atoms with Gasteiger partial charge in [-0.1, -0.05) is 23.2 Å². The molecule has 0 unspecified atom stereocenters. The minimum absolute atomic E-state index is 0.0234. The molecule has 3 nitrogen and oxygen atoms in total. The Hall–Kier alpha value is -0.940. The lowest BCUT2D eigenvalue weighted by Crippen LogP contribution is -2.25. The Morgan fingerprint density at radius 1 is 1.37 bits per heavy atom. The minimum atomic E-state index is -0.0234. The van der Waals surface area contributed by atoms with E-state index >= 15 is 0 Å². The van der Waals surface area contributed by atoms with Crippen molar-refractivity contribution in [1.82, 2.24) is 9.88 Å². The lowest BCUT2D eigenvalue weighted by atomic mass is 10.2. The third-order valence-corrected chi connectivity index (χ3v) is 4.06. The van der Waals surface area contributed by atoms with Gasteiger partial charge in [0.1, 0.15) is 4.34 Å². The number of likely N-dealkylation sites (N-methyl/N-ethyl adjacent to an activating group) is 1. The van der Waals surface area contributed by atoms with Gasteiger partial charge < -0.3 is 0 Å². The molecular formula is C13H12Cl2N2OS. The zero-order chi connectivity index (χ0) is 13.8. The molecule has 0 spiro atoms. The van der Waals surface area contributed by atoms with Crippen molar-refractivity contribution < 1.29 is 4.79 Å². The van der Waals surface area contributed by atoms with Crippen LogP contribution in [0.5, 0.6) is 0 Å². The highest BCUT2D eigenvalue weighted by atomic mass is 35.5. The Labute approximate surface area is 125 Å². The number of Topliss-reactive ketones (excluding diaryl/α,β-unsaturated/α-hetero) is 1. The number of thiophene rings is 1. The van der Waals surface area contributed by atoms with Crippen LogP contribution < -0.4 is 0 Å². The summed E-state index contributed by atoms with van der Waals surface area (Å²) in [5.41, 5.74) is 1.61. The van der Waals surface area contributed by atoms with Crippen LogP contribution in [0.15, 0.2) is 30.6 Å². The fraction of sp³-hybridized carbons (Fsp3) is 0.231. The van der Waals surface area contributed by atoms with E-state index in [9.17, 15) is 4.79 Å². The normalized spacial score (nSPS) is 10.9. The Bertz CT molecular complexity index is 571. The molecule has 0 aliphatic heterocycles. The van der Waals surface area contributed by atoms with Crippen molar-refractivity contribution in [2.24, 2.45) is 0 Å². The molecule has 2 aromatic rings. The number of aromatic nitrogens is 1. The van der Waals surface area contributed by atoms with Crippen molar-refractivity contribution in [2.75, 3.05) is 13.6 Å². The van der Waals surface area contributed by atoms with Crippen LogP contribution in [0.4, 0.5) is 0 Å². The van der Waals surface area contributed by atoms with Gasteiger partial charge in [-0.3, -0.25) is 14.7 Å².